The monoisotopic (exact) mass is 454 g/mol. The molecule has 4 rings (SSSR count). The van der Waals surface area contributed by atoms with Gasteiger partial charge in [-0.15, -0.1) is 0 Å². The number of hydrogen-bond acceptors (Lipinski definition) is 3. The minimum atomic E-state index is -0.333. The van der Waals surface area contributed by atoms with Crippen LogP contribution < -0.4 is 5.56 Å². The Morgan fingerprint density at radius 2 is 1.65 bits per heavy atom. The SMILES string of the molecule is CC(C)Cc1cc(-c2c(CCc3ccc4ccccc4c3)cc(O)c(=O)n2CC(C)C)ccn1. The fourth-order valence-electron chi connectivity index (χ4n) is 4.61. The number of fused-ring (bicyclic) bond motifs is 1. The molecule has 0 amide bonds. The van der Waals surface area contributed by atoms with Crippen molar-refractivity contribution in [1.29, 1.82) is 0 Å². The molecule has 0 aliphatic rings. The quantitative estimate of drug-likeness (QED) is 0.335. The predicted octanol–water partition coefficient (Wildman–Crippen LogP) is 6.41. The van der Waals surface area contributed by atoms with E-state index in [1.165, 1.54) is 16.3 Å². The summed E-state index contributed by atoms with van der Waals surface area (Å²) in [4.78, 5) is 17.6. The lowest BCUT2D eigenvalue weighted by molar-refractivity contribution is 0.443. The van der Waals surface area contributed by atoms with Crippen LogP contribution in [0.5, 0.6) is 5.75 Å². The second-order valence-electron chi connectivity index (χ2n) is 10.0. The first-order valence-electron chi connectivity index (χ1n) is 12.2. The van der Waals surface area contributed by atoms with Crippen molar-refractivity contribution in [3.05, 3.63) is 94.0 Å². The van der Waals surface area contributed by atoms with Crippen LogP contribution in [0.25, 0.3) is 22.0 Å². The molecule has 0 aliphatic heterocycles. The molecule has 4 nitrogen and oxygen atoms in total. The van der Waals surface area contributed by atoms with E-state index < -0.39 is 0 Å². The van der Waals surface area contributed by atoms with Gasteiger partial charge in [-0.25, -0.2) is 0 Å². The van der Waals surface area contributed by atoms with Gasteiger partial charge in [0.1, 0.15) is 0 Å². The van der Waals surface area contributed by atoms with Crippen LogP contribution in [0, 0.1) is 11.8 Å². The third-order valence-corrected chi connectivity index (χ3v) is 6.10. The minimum absolute atomic E-state index is 0.186. The molecule has 2 heterocycles. The molecule has 0 unspecified atom stereocenters. The lowest BCUT2D eigenvalue weighted by atomic mass is 9.96. The second-order valence-corrected chi connectivity index (χ2v) is 10.0. The molecule has 2 aromatic heterocycles. The molecule has 176 valence electrons. The van der Waals surface area contributed by atoms with Crippen LogP contribution in [0.2, 0.25) is 0 Å². The lowest BCUT2D eigenvalue weighted by Gasteiger charge is -2.20. The van der Waals surface area contributed by atoms with Crippen molar-refractivity contribution in [3.8, 4) is 17.0 Å². The Morgan fingerprint density at radius 3 is 2.38 bits per heavy atom. The van der Waals surface area contributed by atoms with Crippen molar-refractivity contribution >= 4 is 10.8 Å². The molecule has 0 bridgehead atoms. The third-order valence-electron chi connectivity index (χ3n) is 6.10. The summed E-state index contributed by atoms with van der Waals surface area (Å²) in [6.45, 7) is 9.09. The van der Waals surface area contributed by atoms with E-state index in [-0.39, 0.29) is 17.2 Å². The summed E-state index contributed by atoms with van der Waals surface area (Å²) in [5, 5.41) is 13.0. The fourth-order valence-corrected chi connectivity index (χ4v) is 4.61. The average molecular weight is 455 g/mol. The summed E-state index contributed by atoms with van der Waals surface area (Å²) in [5.74, 6) is 0.575. The van der Waals surface area contributed by atoms with E-state index in [9.17, 15) is 9.90 Å². The first-order chi connectivity index (χ1) is 16.3. The number of hydrogen-bond donors (Lipinski definition) is 1. The summed E-state index contributed by atoms with van der Waals surface area (Å²) in [6, 6.07) is 20.7. The van der Waals surface area contributed by atoms with E-state index in [4.69, 9.17) is 0 Å². The van der Waals surface area contributed by atoms with E-state index in [0.29, 0.717) is 12.5 Å². The van der Waals surface area contributed by atoms with Crippen LogP contribution in [0.3, 0.4) is 0 Å². The van der Waals surface area contributed by atoms with Crippen molar-refractivity contribution in [2.75, 3.05) is 0 Å². The topological polar surface area (TPSA) is 55.1 Å². The van der Waals surface area contributed by atoms with Crippen molar-refractivity contribution in [2.45, 2.75) is 53.5 Å². The standard InChI is InChI=1S/C30H34N2O2/c1-20(2)15-27-17-26(13-14-31-27)29-25(18-28(33)30(34)32(29)19-21(3)4)12-10-22-9-11-23-7-5-6-8-24(23)16-22/h5-9,11,13-14,16-18,20-21,33H,10,12,15,19H2,1-4H3. The largest absolute Gasteiger partial charge is 0.503 e. The summed E-state index contributed by atoms with van der Waals surface area (Å²) >= 11 is 0. The maximum Gasteiger partial charge on any atom is 0.293 e. The average Bonchev–Trinajstić information content (AvgIpc) is 2.80. The molecule has 4 heteroatoms. The zero-order chi connectivity index (χ0) is 24.2. The number of rotatable bonds is 8. The smallest absolute Gasteiger partial charge is 0.293 e. The Bertz CT molecular complexity index is 1350. The van der Waals surface area contributed by atoms with Gasteiger partial charge < -0.3 is 9.67 Å². The summed E-state index contributed by atoms with van der Waals surface area (Å²) in [7, 11) is 0. The molecule has 34 heavy (non-hydrogen) atoms. The van der Waals surface area contributed by atoms with Gasteiger partial charge in [-0.2, -0.15) is 0 Å². The molecule has 0 atom stereocenters. The van der Waals surface area contributed by atoms with E-state index in [1.807, 2.05) is 12.3 Å². The third kappa shape index (κ3) is 5.39. The Hall–Kier alpha value is -3.40. The number of aryl methyl sites for hydroxylation is 2. The molecular weight excluding hydrogens is 420 g/mol. The van der Waals surface area contributed by atoms with Gasteiger partial charge in [-0.05, 0) is 71.2 Å². The molecule has 2 aromatic carbocycles. The number of aromatic hydroxyl groups is 1. The molecule has 0 spiro atoms. The lowest BCUT2D eigenvalue weighted by Crippen LogP contribution is -2.25. The van der Waals surface area contributed by atoms with Gasteiger partial charge in [-0.1, -0.05) is 70.2 Å². The van der Waals surface area contributed by atoms with E-state index in [0.717, 1.165) is 41.8 Å². The predicted molar refractivity (Wildman–Crippen MR) is 140 cm³/mol. The van der Waals surface area contributed by atoms with Crippen molar-refractivity contribution < 1.29 is 5.11 Å². The first-order valence-corrected chi connectivity index (χ1v) is 12.2. The summed E-state index contributed by atoms with van der Waals surface area (Å²) in [6.07, 6.45) is 4.26. The molecule has 4 aromatic rings. The zero-order valence-corrected chi connectivity index (χ0v) is 20.6. The molecule has 0 fully saturated rings. The number of aromatic nitrogens is 2. The first kappa shape index (κ1) is 23.7. The molecule has 0 aliphatic carbocycles. The van der Waals surface area contributed by atoms with Crippen LogP contribution >= 0.6 is 0 Å². The van der Waals surface area contributed by atoms with Crippen LogP contribution in [0.15, 0.2) is 71.7 Å². The Labute approximate surface area is 201 Å². The van der Waals surface area contributed by atoms with Gasteiger partial charge in [0.15, 0.2) is 5.75 Å². The molecule has 0 saturated carbocycles. The van der Waals surface area contributed by atoms with Gasteiger partial charge in [0, 0.05) is 24.0 Å². The fraction of sp³-hybridized carbons (Fsp3) is 0.333. The van der Waals surface area contributed by atoms with E-state index in [1.54, 1.807) is 10.6 Å². The maximum absolute atomic E-state index is 13.0. The second kappa shape index (κ2) is 10.3. The van der Waals surface area contributed by atoms with Crippen molar-refractivity contribution in [1.82, 2.24) is 9.55 Å². The van der Waals surface area contributed by atoms with Crippen LogP contribution in [-0.2, 0) is 25.8 Å². The summed E-state index contributed by atoms with van der Waals surface area (Å²) in [5.41, 5.74) is 4.78. The van der Waals surface area contributed by atoms with Gasteiger partial charge in [0.25, 0.3) is 5.56 Å². The van der Waals surface area contributed by atoms with E-state index >= 15 is 0 Å². The zero-order valence-electron chi connectivity index (χ0n) is 20.6. The normalized spacial score (nSPS) is 11.6. The highest BCUT2D eigenvalue weighted by molar-refractivity contribution is 5.83. The van der Waals surface area contributed by atoms with Gasteiger partial charge in [0.2, 0.25) is 0 Å². The van der Waals surface area contributed by atoms with Crippen LogP contribution in [-0.4, -0.2) is 14.7 Å². The summed E-state index contributed by atoms with van der Waals surface area (Å²) < 4.78 is 1.75. The van der Waals surface area contributed by atoms with Gasteiger partial charge >= 0.3 is 0 Å². The number of benzene rings is 2. The Kier molecular flexibility index (Phi) is 7.16. The molecule has 0 saturated heterocycles. The molecule has 1 N–H and O–H groups in total. The van der Waals surface area contributed by atoms with Crippen molar-refractivity contribution in [2.24, 2.45) is 11.8 Å². The molecular formula is C30H34N2O2. The minimum Gasteiger partial charge on any atom is -0.503 e. The maximum atomic E-state index is 13.0. The Balaban J connectivity index is 1.78. The van der Waals surface area contributed by atoms with Crippen LogP contribution in [0.1, 0.15) is 44.5 Å². The number of nitrogens with zero attached hydrogens (tertiary/aromatic N) is 2. The Morgan fingerprint density at radius 1 is 0.882 bits per heavy atom. The highest BCUT2D eigenvalue weighted by atomic mass is 16.3. The highest BCUT2D eigenvalue weighted by Gasteiger charge is 2.18. The molecule has 0 radical (unpaired) electrons. The van der Waals surface area contributed by atoms with Gasteiger partial charge in [-0.3, -0.25) is 9.78 Å². The van der Waals surface area contributed by atoms with E-state index in [2.05, 4.69) is 81.2 Å². The highest BCUT2D eigenvalue weighted by Crippen LogP contribution is 2.28. The van der Waals surface area contributed by atoms with Gasteiger partial charge in [0.05, 0.1) is 5.69 Å². The van der Waals surface area contributed by atoms with Crippen molar-refractivity contribution in [3.63, 3.8) is 0 Å². The number of pyridine rings is 2. The van der Waals surface area contributed by atoms with Crippen LogP contribution in [0.4, 0.5) is 0 Å².